The molecule has 0 unspecified atom stereocenters. The summed E-state index contributed by atoms with van der Waals surface area (Å²) in [6, 6.07) is 16.9. The van der Waals surface area contributed by atoms with E-state index in [4.69, 9.17) is 14.6 Å². The van der Waals surface area contributed by atoms with Gasteiger partial charge >= 0.3 is 0 Å². The molecule has 1 aliphatic heterocycles. The molecule has 1 aromatic heterocycles. The molecule has 0 saturated heterocycles. The van der Waals surface area contributed by atoms with Crippen LogP contribution in [-0.4, -0.2) is 42.2 Å². The quantitative estimate of drug-likeness (QED) is 0.419. The van der Waals surface area contributed by atoms with Gasteiger partial charge in [-0.15, -0.1) is 0 Å². The van der Waals surface area contributed by atoms with Gasteiger partial charge in [-0.2, -0.15) is 5.26 Å². The Labute approximate surface area is 186 Å². The SMILES string of the molecule is N#Cc1c(CC(=O)c2ccc(CNCCO)cn2)cccc1-c1ccc2c(c1)OCCO2. The number of Topliss-reactive ketones (excluding diaryl/α,β-unsaturated/α-hetero) is 1. The Morgan fingerprint density at radius 2 is 1.97 bits per heavy atom. The van der Waals surface area contributed by atoms with Crippen LogP contribution in [0.3, 0.4) is 0 Å². The average Bonchev–Trinajstić information content (AvgIpc) is 2.84. The van der Waals surface area contributed by atoms with Gasteiger partial charge in [0.05, 0.1) is 12.2 Å². The molecular weight excluding hydrogens is 406 g/mol. The lowest BCUT2D eigenvalue weighted by Gasteiger charge is -2.19. The maximum absolute atomic E-state index is 12.8. The summed E-state index contributed by atoms with van der Waals surface area (Å²) in [5.41, 5.74) is 3.96. The van der Waals surface area contributed by atoms with Gasteiger partial charge in [-0.3, -0.25) is 9.78 Å². The summed E-state index contributed by atoms with van der Waals surface area (Å²) in [6.45, 7) is 2.13. The molecule has 7 nitrogen and oxygen atoms in total. The van der Waals surface area contributed by atoms with Gasteiger partial charge < -0.3 is 19.9 Å². The zero-order chi connectivity index (χ0) is 22.3. The summed E-state index contributed by atoms with van der Waals surface area (Å²) in [7, 11) is 0. The normalized spacial score (nSPS) is 12.2. The summed E-state index contributed by atoms with van der Waals surface area (Å²) < 4.78 is 11.2. The third kappa shape index (κ3) is 4.78. The van der Waals surface area contributed by atoms with Crippen molar-refractivity contribution >= 4 is 5.78 Å². The van der Waals surface area contributed by atoms with E-state index in [1.54, 1.807) is 18.3 Å². The number of fused-ring (bicyclic) bond motifs is 1. The van der Waals surface area contributed by atoms with Gasteiger partial charge in [0, 0.05) is 25.7 Å². The lowest BCUT2D eigenvalue weighted by molar-refractivity contribution is 0.0988. The Hall–Kier alpha value is -3.73. The number of aliphatic hydroxyl groups excluding tert-OH is 1. The number of carbonyl (C=O) groups excluding carboxylic acids is 1. The molecule has 0 bridgehead atoms. The summed E-state index contributed by atoms with van der Waals surface area (Å²) >= 11 is 0. The number of hydrogen-bond acceptors (Lipinski definition) is 7. The number of aromatic nitrogens is 1. The number of carbonyl (C=O) groups is 1. The number of nitrogens with one attached hydrogen (secondary N) is 1. The second-order valence-electron chi connectivity index (χ2n) is 7.36. The van der Waals surface area contributed by atoms with Crippen LogP contribution in [0.2, 0.25) is 0 Å². The minimum Gasteiger partial charge on any atom is -0.486 e. The molecule has 162 valence electrons. The highest BCUT2D eigenvalue weighted by atomic mass is 16.6. The summed E-state index contributed by atoms with van der Waals surface area (Å²) in [6.07, 6.45) is 1.73. The van der Waals surface area contributed by atoms with Crippen molar-refractivity contribution in [1.82, 2.24) is 10.3 Å². The number of benzene rings is 2. The number of nitriles is 1. The molecule has 0 atom stereocenters. The first-order valence-corrected chi connectivity index (χ1v) is 10.4. The fraction of sp³-hybridized carbons (Fsp3) is 0.240. The molecule has 3 aromatic rings. The van der Waals surface area contributed by atoms with Crippen molar-refractivity contribution < 1.29 is 19.4 Å². The topological polar surface area (TPSA) is 104 Å². The number of aliphatic hydroxyl groups is 1. The maximum Gasteiger partial charge on any atom is 0.185 e. The molecule has 0 amide bonds. The second kappa shape index (κ2) is 10.1. The van der Waals surface area contributed by atoms with Crippen molar-refractivity contribution in [3.8, 4) is 28.7 Å². The molecular formula is C25H23N3O4. The molecule has 2 N–H and O–H groups in total. The van der Waals surface area contributed by atoms with Crippen LogP contribution in [0.4, 0.5) is 0 Å². The third-order valence-corrected chi connectivity index (χ3v) is 5.19. The van der Waals surface area contributed by atoms with Gasteiger partial charge in [-0.25, -0.2) is 0 Å². The van der Waals surface area contributed by atoms with Gasteiger partial charge in [0.2, 0.25) is 0 Å². The Balaban J connectivity index is 1.55. The first kappa shape index (κ1) is 21.5. The molecule has 2 aromatic carbocycles. The molecule has 0 saturated carbocycles. The van der Waals surface area contributed by atoms with E-state index in [0.29, 0.717) is 54.6 Å². The van der Waals surface area contributed by atoms with E-state index in [1.807, 2.05) is 36.4 Å². The number of rotatable bonds is 8. The number of ketones is 1. The van der Waals surface area contributed by atoms with Crippen molar-refractivity contribution in [3.05, 3.63) is 77.1 Å². The van der Waals surface area contributed by atoms with Crippen LogP contribution in [0.25, 0.3) is 11.1 Å². The third-order valence-electron chi connectivity index (χ3n) is 5.19. The molecule has 2 heterocycles. The van der Waals surface area contributed by atoms with Crippen LogP contribution in [0.15, 0.2) is 54.7 Å². The van der Waals surface area contributed by atoms with E-state index in [9.17, 15) is 10.1 Å². The van der Waals surface area contributed by atoms with Crippen molar-refractivity contribution in [2.24, 2.45) is 0 Å². The van der Waals surface area contributed by atoms with Crippen LogP contribution < -0.4 is 14.8 Å². The van der Waals surface area contributed by atoms with Crippen molar-refractivity contribution in [1.29, 1.82) is 5.26 Å². The average molecular weight is 429 g/mol. The van der Waals surface area contributed by atoms with E-state index >= 15 is 0 Å². The molecule has 0 spiro atoms. The standard InChI is InChI=1S/C25H23N3O4/c26-14-21-18(12-23(30)22-6-4-17(16-28-22)15-27-8-9-29)2-1-3-20(21)19-5-7-24-25(13-19)32-11-10-31-24/h1-7,13,16,27,29H,8-12,15H2. The van der Waals surface area contributed by atoms with Gasteiger partial charge in [0.1, 0.15) is 25.0 Å². The predicted molar refractivity (Wildman–Crippen MR) is 119 cm³/mol. The lowest BCUT2D eigenvalue weighted by atomic mass is 9.93. The van der Waals surface area contributed by atoms with Crippen LogP contribution >= 0.6 is 0 Å². The Morgan fingerprint density at radius 3 is 2.72 bits per heavy atom. The first-order valence-electron chi connectivity index (χ1n) is 10.4. The summed E-state index contributed by atoms with van der Waals surface area (Å²) in [5, 5.41) is 21.8. The fourth-order valence-electron chi connectivity index (χ4n) is 3.60. The molecule has 4 rings (SSSR count). The van der Waals surface area contributed by atoms with Crippen LogP contribution in [0.5, 0.6) is 11.5 Å². The molecule has 0 radical (unpaired) electrons. The van der Waals surface area contributed by atoms with Crippen molar-refractivity contribution in [2.45, 2.75) is 13.0 Å². The van der Waals surface area contributed by atoms with Crippen LogP contribution in [0, 0.1) is 11.3 Å². The van der Waals surface area contributed by atoms with Gasteiger partial charge in [-0.05, 0) is 40.5 Å². The highest BCUT2D eigenvalue weighted by Gasteiger charge is 2.17. The zero-order valence-electron chi connectivity index (χ0n) is 17.5. The Bertz CT molecular complexity index is 1150. The minimum absolute atomic E-state index is 0.0660. The zero-order valence-corrected chi connectivity index (χ0v) is 17.5. The van der Waals surface area contributed by atoms with E-state index in [0.717, 1.165) is 16.7 Å². The lowest BCUT2D eigenvalue weighted by Crippen LogP contribution is -2.17. The van der Waals surface area contributed by atoms with E-state index in [-0.39, 0.29) is 18.8 Å². The van der Waals surface area contributed by atoms with Gasteiger partial charge in [0.15, 0.2) is 17.3 Å². The number of ether oxygens (including phenoxy) is 2. The highest BCUT2D eigenvalue weighted by Crippen LogP contribution is 2.36. The first-order chi connectivity index (χ1) is 15.7. The van der Waals surface area contributed by atoms with Crippen LogP contribution in [-0.2, 0) is 13.0 Å². The Kier molecular flexibility index (Phi) is 6.75. The number of nitrogens with zero attached hydrogens (tertiary/aromatic N) is 2. The molecule has 7 heteroatoms. The van der Waals surface area contributed by atoms with Gasteiger partial charge in [0.25, 0.3) is 0 Å². The monoisotopic (exact) mass is 429 g/mol. The molecule has 1 aliphatic rings. The summed E-state index contributed by atoms with van der Waals surface area (Å²) in [5.74, 6) is 1.18. The highest BCUT2D eigenvalue weighted by molar-refractivity contribution is 5.96. The Morgan fingerprint density at radius 1 is 1.12 bits per heavy atom. The van der Waals surface area contributed by atoms with Crippen molar-refractivity contribution in [2.75, 3.05) is 26.4 Å². The largest absolute Gasteiger partial charge is 0.486 e. The van der Waals surface area contributed by atoms with Crippen LogP contribution in [0.1, 0.15) is 27.2 Å². The molecule has 32 heavy (non-hydrogen) atoms. The second-order valence-corrected chi connectivity index (χ2v) is 7.36. The predicted octanol–water partition coefficient (Wildman–Crippen LogP) is 2.90. The maximum atomic E-state index is 12.8. The molecule has 0 fully saturated rings. The van der Waals surface area contributed by atoms with E-state index in [1.165, 1.54) is 0 Å². The smallest absolute Gasteiger partial charge is 0.185 e. The van der Waals surface area contributed by atoms with Crippen molar-refractivity contribution in [3.63, 3.8) is 0 Å². The summed E-state index contributed by atoms with van der Waals surface area (Å²) in [4.78, 5) is 17.1. The van der Waals surface area contributed by atoms with Gasteiger partial charge in [-0.1, -0.05) is 30.3 Å². The number of pyridine rings is 1. The van der Waals surface area contributed by atoms with E-state index in [2.05, 4.69) is 16.4 Å². The minimum atomic E-state index is -0.157. The number of hydrogen-bond donors (Lipinski definition) is 2. The fourth-order valence-corrected chi connectivity index (χ4v) is 3.60. The van der Waals surface area contributed by atoms with E-state index < -0.39 is 0 Å². The molecule has 0 aliphatic carbocycles.